The lowest BCUT2D eigenvalue weighted by Crippen LogP contribution is -2.34. The van der Waals surface area contributed by atoms with Crippen molar-refractivity contribution in [3.05, 3.63) is 0 Å². The molecule has 3 rings (SSSR count). The van der Waals surface area contributed by atoms with Crippen molar-refractivity contribution < 1.29 is 0 Å². The molecule has 2 saturated heterocycles. The summed E-state index contributed by atoms with van der Waals surface area (Å²) in [6.07, 6.45) is 10.2. The zero-order chi connectivity index (χ0) is 13.1. The van der Waals surface area contributed by atoms with Gasteiger partial charge in [-0.1, -0.05) is 12.8 Å². The first-order chi connectivity index (χ1) is 8.59. The summed E-state index contributed by atoms with van der Waals surface area (Å²) < 4.78 is 0. The van der Waals surface area contributed by atoms with Crippen LogP contribution in [-0.2, 0) is 0 Å². The number of rotatable bonds is 0. The van der Waals surface area contributed by atoms with Crippen molar-refractivity contribution in [2.45, 2.75) is 76.9 Å². The van der Waals surface area contributed by atoms with Crippen LogP contribution in [0.4, 0.5) is 0 Å². The van der Waals surface area contributed by atoms with Gasteiger partial charge in [0.2, 0.25) is 0 Å². The molecule has 0 radical (unpaired) electrons. The molecule has 0 bridgehead atoms. The molecule has 2 heterocycles. The zero-order valence-electron chi connectivity index (χ0n) is 12.9. The maximum Gasteiger partial charge on any atom is 0.0124 e. The minimum atomic E-state index is 0.847. The zero-order valence-corrected chi connectivity index (χ0v) is 12.9. The largest absolute Gasteiger partial charge is 0.304 e. The second kappa shape index (κ2) is 6.38. The van der Waals surface area contributed by atoms with Gasteiger partial charge in [0.1, 0.15) is 0 Å². The van der Waals surface area contributed by atoms with Gasteiger partial charge in [0.15, 0.2) is 0 Å². The van der Waals surface area contributed by atoms with Crippen LogP contribution in [0.2, 0.25) is 0 Å². The average Bonchev–Trinajstić information content (AvgIpc) is 2.86. The monoisotopic (exact) mass is 252 g/mol. The summed E-state index contributed by atoms with van der Waals surface area (Å²) >= 11 is 0. The van der Waals surface area contributed by atoms with Crippen molar-refractivity contribution >= 4 is 0 Å². The Morgan fingerprint density at radius 1 is 0.833 bits per heavy atom. The fourth-order valence-corrected chi connectivity index (χ4v) is 4.01. The van der Waals surface area contributed by atoms with Crippen molar-refractivity contribution in [1.29, 1.82) is 0 Å². The van der Waals surface area contributed by atoms with E-state index in [2.05, 4.69) is 37.7 Å². The molecule has 1 aliphatic carbocycles. The standard InChI is InChI=1S/C10H19N.C6H13N/c1-8-7-9-5-3-4-6-10(9)11(8)2;1-6-4-3-5-7(6)2/h8-10H,3-7H2,1-2H3;6H,3-5H2,1-2H3. The molecule has 0 N–H and O–H groups in total. The number of hydrogen-bond donors (Lipinski definition) is 0. The van der Waals surface area contributed by atoms with Crippen molar-refractivity contribution in [2.75, 3.05) is 20.6 Å². The van der Waals surface area contributed by atoms with Gasteiger partial charge in [-0.3, -0.25) is 0 Å². The molecule has 0 aromatic rings. The Labute approximate surface area is 114 Å². The summed E-state index contributed by atoms with van der Waals surface area (Å²) in [4.78, 5) is 5.00. The van der Waals surface area contributed by atoms with Crippen molar-refractivity contribution in [1.82, 2.24) is 9.80 Å². The lowest BCUT2D eigenvalue weighted by atomic mass is 9.85. The Balaban J connectivity index is 0.000000149. The molecular formula is C16H32N2. The van der Waals surface area contributed by atoms with Crippen LogP contribution in [0.15, 0.2) is 0 Å². The summed E-state index contributed by atoms with van der Waals surface area (Å²) in [5.74, 6) is 1.05. The number of hydrogen-bond acceptors (Lipinski definition) is 2. The number of fused-ring (bicyclic) bond motifs is 1. The Hall–Kier alpha value is -0.0800. The minimum Gasteiger partial charge on any atom is -0.304 e. The second-order valence-electron chi connectivity index (χ2n) is 6.83. The molecule has 2 heteroatoms. The fraction of sp³-hybridized carbons (Fsp3) is 1.00. The molecule has 4 atom stereocenters. The van der Waals surface area contributed by atoms with Gasteiger partial charge in [-0.15, -0.1) is 0 Å². The topological polar surface area (TPSA) is 6.48 Å². The van der Waals surface area contributed by atoms with Gasteiger partial charge >= 0.3 is 0 Å². The van der Waals surface area contributed by atoms with Gasteiger partial charge in [-0.25, -0.2) is 0 Å². The van der Waals surface area contributed by atoms with Crippen molar-refractivity contribution in [2.24, 2.45) is 5.92 Å². The highest BCUT2D eigenvalue weighted by Gasteiger charge is 2.37. The molecule has 18 heavy (non-hydrogen) atoms. The van der Waals surface area contributed by atoms with E-state index in [4.69, 9.17) is 0 Å². The Morgan fingerprint density at radius 3 is 2.06 bits per heavy atom. The molecular weight excluding hydrogens is 220 g/mol. The van der Waals surface area contributed by atoms with E-state index in [-0.39, 0.29) is 0 Å². The van der Waals surface area contributed by atoms with Crippen LogP contribution in [0.25, 0.3) is 0 Å². The molecule has 4 unspecified atom stereocenters. The average molecular weight is 252 g/mol. The van der Waals surface area contributed by atoms with Crippen LogP contribution in [0.3, 0.4) is 0 Å². The highest BCUT2D eigenvalue weighted by Crippen LogP contribution is 2.38. The Bertz CT molecular complexity index is 245. The van der Waals surface area contributed by atoms with E-state index in [9.17, 15) is 0 Å². The van der Waals surface area contributed by atoms with E-state index < -0.39 is 0 Å². The third kappa shape index (κ3) is 3.27. The van der Waals surface area contributed by atoms with Gasteiger partial charge in [-0.2, -0.15) is 0 Å². The Kier molecular flexibility index (Phi) is 5.08. The summed E-state index contributed by atoms with van der Waals surface area (Å²) in [5, 5.41) is 0. The molecule has 0 amide bonds. The highest BCUT2D eigenvalue weighted by atomic mass is 15.2. The van der Waals surface area contributed by atoms with E-state index in [1.165, 1.54) is 51.5 Å². The van der Waals surface area contributed by atoms with Gasteiger partial charge in [-0.05, 0) is 72.5 Å². The van der Waals surface area contributed by atoms with E-state index in [0.717, 1.165) is 24.0 Å². The molecule has 0 aromatic heterocycles. The lowest BCUT2D eigenvalue weighted by molar-refractivity contribution is 0.192. The smallest absolute Gasteiger partial charge is 0.0124 e. The molecule has 0 aromatic carbocycles. The summed E-state index contributed by atoms with van der Waals surface area (Å²) in [6, 6.07) is 2.64. The first kappa shape index (κ1) is 14.3. The maximum atomic E-state index is 2.60. The highest BCUT2D eigenvalue weighted by molar-refractivity contribution is 4.92. The molecule has 3 fully saturated rings. The minimum absolute atomic E-state index is 0.847. The molecule has 1 saturated carbocycles. The van der Waals surface area contributed by atoms with Crippen LogP contribution in [0, 0.1) is 5.92 Å². The van der Waals surface area contributed by atoms with Gasteiger partial charge < -0.3 is 9.80 Å². The Morgan fingerprint density at radius 2 is 1.56 bits per heavy atom. The van der Waals surface area contributed by atoms with Gasteiger partial charge in [0, 0.05) is 18.1 Å². The number of nitrogens with zero attached hydrogens (tertiary/aromatic N) is 2. The van der Waals surface area contributed by atoms with Gasteiger partial charge in [0.05, 0.1) is 0 Å². The van der Waals surface area contributed by atoms with E-state index >= 15 is 0 Å². The van der Waals surface area contributed by atoms with E-state index in [1.54, 1.807) is 0 Å². The van der Waals surface area contributed by atoms with Gasteiger partial charge in [0.25, 0.3) is 0 Å². The van der Waals surface area contributed by atoms with E-state index in [0.29, 0.717) is 0 Å². The molecule has 0 spiro atoms. The predicted octanol–water partition coefficient (Wildman–Crippen LogP) is 3.37. The lowest BCUT2D eigenvalue weighted by Gasteiger charge is -2.30. The van der Waals surface area contributed by atoms with Crippen LogP contribution in [-0.4, -0.2) is 48.6 Å². The molecule has 2 nitrogen and oxygen atoms in total. The van der Waals surface area contributed by atoms with Crippen LogP contribution in [0.1, 0.15) is 58.8 Å². The quantitative estimate of drug-likeness (QED) is 0.652. The third-order valence-electron chi connectivity index (χ3n) is 5.62. The number of likely N-dealkylation sites (tertiary alicyclic amines) is 2. The first-order valence-electron chi connectivity index (χ1n) is 8.01. The van der Waals surface area contributed by atoms with Crippen LogP contribution >= 0.6 is 0 Å². The summed E-state index contributed by atoms with van der Waals surface area (Å²) in [7, 11) is 4.50. The van der Waals surface area contributed by atoms with Crippen molar-refractivity contribution in [3.63, 3.8) is 0 Å². The van der Waals surface area contributed by atoms with Crippen LogP contribution < -0.4 is 0 Å². The summed E-state index contributed by atoms with van der Waals surface area (Å²) in [5.41, 5.74) is 0. The third-order valence-corrected chi connectivity index (χ3v) is 5.62. The SMILES string of the molecule is CC1CC2CCCCC2N1C.CC1CCCN1C. The first-order valence-corrected chi connectivity index (χ1v) is 8.01. The van der Waals surface area contributed by atoms with E-state index in [1.807, 2.05) is 0 Å². The molecule has 106 valence electrons. The maximum absolute atomic E-state index is 2.60. The predicted molar refractivity (Wildman–Crippen MR) is 78.9 cm³/mol. The normalized spacial score (nSPS) is 41.3. The van der Waals surface area contributed by atoms with Crippen LogP contribution in [0.5, 0.6) is 0 Å². The summed E-state index contributed by atoms with van der Waals surface area (Å²) in [6.45, 7) is 5.96. The fourth-order valence-electron chi connectivity index (χ4n) is 4.01. The molecule has 2 aliphatic heterocycles. The van der Waals surface area contributed by atoms with Crippen molar-refractivity contribution in [3.8, 4) is 0 Å². The molecule has 3 aliphatic rings. The second-order valence-corrected chi connectivity index (χ2v) is 6.83.